The van der Waals surface area contributed by atoms with E-state index >= 15 is 0 Å². The van der Waals surface area contributed by atoms with Gasteiger partial charge in [-0.1, -0.05) is 23.2 Å². The molecule has 1 aliphatic rings. The van der Waals surface area contributed by atoms with Crippen molar-refractivity contribution in [1.82, 2.24) is 5.32 Å². The van der Waals surface area contributed by atoms with Crippen molar-refractivity contribution in [3.8, 4) is 0 Å². The molecule has 1 fully saturated rings. The van der Waals surface area contributed by atoms with Gasteiger partial charge in [-0.3, -0.25) is 4.79 Å². The molecule has 0 bridgehead atoms. The zero-order valence-electron chi connectivity index (χ0n) is 9.83. The quantitative estimate of drug-likeness (QED) is 0.898. The minimum atomic E-state index is -0.221. The molecule has 5 heteroatoms. The second kappa shape index (κ2) is 5.91. The summed E-state index contributed by atoms with van der Waals surface area (Å²) in [7, 11) is 0. The van der Waals surface area contributed by atoms with Crippen LogP contribution in [0.1, 0.15) is 29.6 Å². The highest BCUT2D eigenvalue weighted by Crippen LogP contribution is 2.25. The van der Waals surface area contributed by atoms with Gasteiger partial charge in [-0.25, -0.2) is 0 Å². The van der Waals surface area contributed by atoms with Crippen LogP contribution in [0.5, 0.6) is 0 Å². The first-order valence-corrected chi connectivity index (χ1v) is 6.73. The van der Waals surface area contributed by atoms with Crippen LogP contribution < -0.4 is 5.32 Å². The van der Waals surface area contributed by atoms with Gasteiger partial charge >= 0.3 is 0 Å². The molecule has 1 aliphatic carbocycles. The van der Waals surface area contributed by atoms with E-state index in [4.69, 9.17) is 23.2 Å². The van der Waals surface area contributed by atoms with Crippen LogP contribution in [-0.2, 0) is 0 Å². The smallest absolute Gasteiger partial charge is 0.252 e. The number of halogens is 2. The molecule has 1 amide bonds. The predicted octanol–water partition coefficient (Wildman–Crippen LogP) is 2.88. The summed E-state index contributed by atoms with van der Waals surface area (Å²) >= 11 is 11.8. The fourth-order valence-electron chi connectivity index (χ4n) is 2.24. The van der Waals surface area contributed by atoms with Crippen LogP contribution >= 0.6 is 23.2 Å². The number of amides is 1. The highest BCUT2D eigenvalue weighted by atomic mass is 35.5. The fraction of sp³-hybridized carbons (Fsp3) is 0.462. The molecule has 1 aromatic rings. The maximum Gasteiger partial charge on any atom is 0.252 e. The lowest BCUT2D eigenvalue weighted by Gasteiger charge is -2.11. The second-order valence-corrected chi connectivity index (χ2v) is 5.51. The molecule has 98 valence electrons. The Labute approximate surface area is 116 Å². The summed E-state index contributed by atoms with van der Waals surface area (Å²) in [6, 6.07) is 4.81. The van der Waals surface area contributed by atoms with Gasteiger partial charge in [-0.15, -0.1) is 0 Å². The van der Waals surface area contributed by atoms with E-state index in [1.165, 1.54) is 0 Å². The van der Waals surface area contributed by atoms with Gasteiger partial charge in [-0.2, -0.15) is 0 Å². The monoisotopic (exact) mass is 287 g/mol. The predicted molar refractivity (Wildman–Crippen MR) is 72.1 cm³/mol. The zero-order chi connectivity index (χ0) is 13.1. The number of rotatable bonds is 3. The molecule has 2 N–H and O–H groups in total. The Morgan fingerprint density at radius 3 is 2.83 bits per heavy atom. The maximum atomic E-state index is 11.9. The Bertz CT molecular complexity index is 451. The Kier molecular flexibility index (Phi) is 4.49. The zero-order valence-corrected chi connectivity index (χ0v) is 11.3. The molecule has 0 aliphatic heterocycles. The second-order valence-electron chi connectivity index (χ2n) is 4.67. The van der Waals surface area contributed by atoms with E-state index in [0.29, 0.717) is 28.1 Å². The van der Waals surface area contributed by atoms with Gasteiger partial charge in [0.25, 0.3) is 5.91 Å². The van der Waals surface area contributed by atoms with Crippen LogP contribution in [0.3, 0.4) is 0 Å². The molecule has 0 spiro atoms. The molecule has 18 heavy (non-hydrogen) atoms. The van der Waals surface area contributed by atoms with Crippen LogP contribution in [0.25, 0.3) is 0 Å². The first kappa shape index (κ1) is 13.7. The summed E-state index contributed by atoms with van der Waals surface area (Å²) in [5, 5.41) is 13.1. The largest absolute Gasteiger partial charge is 0.393 e. The molecule has 1 saturated carbocycles. The number of aliphatic hydroxyl groups excluding tert-OH is 1. The van der Waals surface area contributed by atoms with E-state index in [2.05, 4.69) is 5.32 Å². The maximum absolute atomic E-state index is 11.9. The van der Waals surface area contributed by atoms with Crippen molar-refractivity contribution >= 4 is 29.1 Å². The topological polar surface area (TPSA) is 49.3 Å². The summed E-state index contributed by atoms with van der Waals surface area (Å²) in [6.07, 6.45) is 2.30. The lowest BCUT2D eigenvalue weighted by molar-refractivity contribution is 0.0945. The van der Waals surface area contributed by atoms with Crippen LogP contribution in [0.4, 0.5) is 0 Å². The number of hydrogen-bond acceptors (Lipinski definition) is 2. The van der Waals surface area contributed by atoms with E-state index in [0.717, 1.165) is 19.3 Å². The van der Waals surface area contributed by atoms with Gasteiger partial charge in [0.2, 0.25) is 0 Å². The highest BCUT2D eigenvalue weighted by molar-refractivity contribution is 6.35. The van der Waals surface area contributed by atoms with Crippen molar-refractivity contribution in [2.75, 3.05) is 6.54 Å². The molecule has 2 rings (SSSR count). The standard InChI is InChI=1S/C13H15Cl2NO2/c14-9-2-4-12(15)11(6-9)13(18)16-7-8-1-3-10(17)5-8/h2,4,6,8,10,17H,1,3,5,7H2,(H,16,18). The molecular weight excluding hydrogens is 273 g/mol. The van der Waals surface area contributed by atoms with Crippen molar-refractivity contribution in [1.29, 1.82) is 0 Å². The molecule has 1 aromatic carbocycles. The van der Waals surface area contributed by atoms with Crippen LogP contribution in [0.2, 0.25) is 10.0 Å². The van der Waals surface area contributed by atoms with Crippen LogP contribution in [0, 0.1) is 5.92 Å². The molecule has 0 radical (unpaired) electrons. The average molecular weight is 288 g/mol. The van der Waals surface area contributed by atoms with E-state index in [9.17, 15) is 9.90 Å². The normalized spacial score (nSPS) is 23.1. The van der Waals surface area contributed by atoms with Gasteiger partial charge in [0, 0.05) is 11.6 Å². The molecule has 2 atom stereocenters. The Morgan fingerprint density at radius 1 is 1.39 bits per heavy atom. The Morgan fingerprint density at radius 2 is 2.17 bits per heavy atom. The van der Waals surface area contributed by atoms with E-state index < -0.39 is 0 Å². The Hall–Kier alpha value is -0.770. The Balaban J connectivity index is 1.93. The third-order valence-electron chi connectivity index (χ3n) is 3.24. The average Bonchev–Trinajstić information content (AvgIpc) is 2.75. The minimum Gasteiger partial charge on any atom is -0.393 e. The number of hydrogen-bond donors (Lipinski definition) is 2. The number of carbonyl (C=O) groups excluding carboxylic acids is 1. The van der Waals surface area contributed by atoms with E-state index in [-0.39, 0.29) is 12.0 Å². The third kappa shape index (κ3) is 3.37. The van der Waals surface area contributed by atoms with Gasteiger partial charge in [0.1, 0.15) is 0 Å². The SMILES string of the molecule is O=C(NCC1CCC(O)C1)c1cc(Cl)ccc1Cl. The molecular formula is C13H15Cl2NO2. The lowest BCUT2D eigenvalue weighted by atomic mass is 10.1. The van der Waals surface area contributed by atoms with Crippen molar-refractivity contribution in [3.05, 3.63) is 33.8 Å². The summed E-state index contributed by atoms with van der Waals surface area (Å²) in [5.74, 6) is 0.130. The van der Waals surface area contributed by atoms with E-state index in [1.54, 1.807) is 18.2 Å². The van der Waals surface area contributed by atoms with Gasteiger partial charge in [-0.05, 0) is 43.4 Å². The van der Waals surface area contributed by atoms with Crippen molar-refractivity contribution in [3.63, 3.8) is 0 Å². The third-order valence-corrected chi connectivity index (χ3v) is 3.80. The summed E-state index contributed by atoms with van der Waals surface area (Å²) < 4.78 is 0. The minimum absolute atomic E-state index is 0.219. The van der Waals surface area contributed by atoms with Gasteiger partial charge in [0.15, 0.2) is 0 Å². The number of carbonyl (C=O) groups is 1. The number of aliphatic hydroxyl groups is 1. The van der Waals surface area contributed by atoms with Crippen molar-refractivity contribution in [2.24, 2.45) is 5.92 Å². The molecule has 0 saturated heterocycles. The molecule has 0 aromatic heterocycles. The molecule has 3 nitrogen and oxygen atoms in total. The first-order chi connectivity index (χ1) is 8.56. The lowest BCUT2D eigenvalue weighted by Crippen LogP contribution is -2.28. The fourth-order valence-corrected chi connectivity index (χ4v) is 2.61. The van der Waals surface area contributed by atoms with Crippen molar-refractivity contribution < 1.29 is 9.90 Å². The number of benzene rings is 1. The summed E-state index contributed by atoms with van der Waals surface area (Å²) in [6.45, 7) is 0.568. The molecule has 2 unspecified atom stereocenters. The van der Waals surface area contributed by atoms with Gasteiger partial charge in [0.05, 0.1) is 16.7 Å². The van der Waals surface area contributed by atoms with E-state index in [1.807, 2.05) is 0 Å². The highest BCUT2D eigenvalue weighted by Gasteiger charge is 2.23. The first-order valence-electron chi connectivity index (χ1n) is 5.97. The number of nitrogens with one attached hydrogen (secondary N) is 1. The summed E-state index contributed by atoms with van der Waals surface area (Å²) in [5.41, 5.74) is 0.391. The van der Waals surface area contributed by atoms with Crippen molar-refractivity contribution in [2.45, 2.75) is 25.4 Å². The van der Waals surface area contributed by atoms with Crippen LogP contribution in [-0.4, -0.2) is 23.7 Å². The van der Waals surface area contributed by atoms with Gasteiger partial charge < -0.3 is 10.4 Å². The van der Waals surface area contributed by atoms with Crippen LogP contribution in [0.15, 0.2) is 18.2 Å². The molecule has 0 heterocycles. The summed E-state index contributed by atoms with van der Waals surface area (Å²) in [4.78, 5) is 11.9.